The molecule has 2 amide bonds. The number of benzene rings is 1. The summed E-state index contributed by atoms with van der Waals surface area (Å²) in [5.41, 5.74) is 9.26. The van der Waals surface area contributed by atoms with E-state index in [9.17, 15) is 14.7 Å². The molecule has 1 aliphatic rings. The third-order valence-corrected chi connectivity index (χ3v) is 3.87. The quantitative estimate of drug-likeness (QED) is 0.884. The van der Waals surface area contributed by atoms with Crippen molar-refractivity contribution in [3.05, 3.63) is 53.2 Å². The smallest absolute Gasteiger partial charge is 0.407 e. The Balaban J connectivity index is 2.01. The third-order valence-electron chi connectivity index (χ3n) is 3.87. The van der Waals surface area contributed by atoms with Gasteiger partial charge in [-0.15, -0.1) is 0 Å². The van der Waals surface area contributed by atoms with Gasteiger partial charge in [0.05, 0.1) is 11.3 Å². The summed E-state index contributed by atoms with van der Waals surface area (Å²) in [5, 5.41) is 9.18. The molecule has 1 aliphatic heterocycles. The molecule has 112 valence electrons. The molecule has 0 saturated heterocycles. The molecule has 6 nitrogen and oxygen atoms in total. The molecular formula is C16H15N3O3. The van der Waals surface area contributed by atoms with Gasteiger partial charge in [0, 0.05) is 24.8 Å². The molecule has 3 rings (SSSR count). The van der Waals surface area contributed by atoms with Crippen LogP contribution in [-0.4, -0.2) is 33.5 Å². The average molecular weight is 297 g/mol. The number of hydrogen-bond acceptors (Lipinski definition) is 3. The molecule has 0 bridgehead atoms. The van der Waals surface area contributed by atoms with Gasteiger partial charge in [-0.2, -0.15) is 0 Å². The van der Waals surface area contributed by atoms with E-state index in [1.54, 1.807) is 12.1 Å². The van der Waals surface area contributed by atoms with Crippen LogP contribution in [0.15, 0.2) is 36.5 Å². The number of nitrogens with zero attached hydrogens (tertiary/aromatic N) is 2. The summed E-state index contributed by atoms with van der Waals surface area (Å²) in [6.07, 6.45) is 1.21. The Labute approximate surface area is 127 Å². The number of amides is 2. The number of aromatic nitrogens is 1. The molecule has 1 aromatic carbocycles. The number of carboxylic acid groups (broad SMARTS) is 1. The maximum absolute atomic E-state index is 11.2. The van der Waals surface area contributed by atoms with Gasteiger partial charge in [-0.05, 0) is 29.7 Å². The fourth-order valence-electron chi connectivity index (χ4n) is 2.68. The van der Waals surface area contributed by atoms with Crippen LogP contribution >= 0.6 is 0 Å². The number of rotatable bonds is 2. The summed E-state index contributed by atoms with van der Waals surface area (Å²) in [7, 11) is 0. The Hall–Kier alpha value is -2.89. The van der Waals surface area contributed by atoms with Gasteiger partial charge in [0.25, 0.3) is 0 Å². The summed E-state index contributed by atoms with van der Waals surface area (Å²) in [6, 6.07) is 9.22. The number of fused-ring (bicyclic) bond motifs is 1. The average Bonchev–Trinajstić information content (AvgIpc) is 2.53. The summed E-state index contributed by atoms with van der Waals surface area (Å²) < 4.78 is 0. The number of pyridine rings is 1. The lowest BCUT2D eigenvalue weighted by molar-refractivity contribution is 0.1000. The fraction of sp³-hybridized carbons (Fsp3) is 0.188. The molecule has 0 saturated carbocycles. The fourth-order valence-corrected chi connectivity index (χ4v) is 2.68. The number of primary amides is 1. The number of nitrogens with two attached hydrogens (primary N) is 1. The van der Waals surface area contributed by atoms with E-state index in [-0.39, 0.29) is 0 Å². The molecule has 0 unspecified atom stereocenters. The van der Waals surface area contributed by atoms with E-state index in [2.05, 4.69) is 4.98 Å². The molecule has 0 spiro atoms. The Kier molecular flexibility index (Phi) is 3.50. The molecule has 22 heavy (non-hydrogen) atoms. The Morgan fingerprint density at radius 1 is 1.23 bits per heavy atom. The largest absolute Gasteiger partial charge is 0.465 e. The minimum Gasteiger partial charge on any atom is -0.465 e. The lowest BCUT2D eigenvalue weighted by Gasteiger charge is -2.28. The van der Waals surface area contributed by atoms with Gasteiger partial charge in [-0.1, -0.05) is 18.2 Å². The highest BCUT2D eigenvalue weighted by molar-refractivity contribution is 5.92. The van der Waals surface area contributed by atoms with E-state index in [1.165, 1.54) is 11.1 Å². The van der Waals surface area contributed by atoms with E-state index in [0.717, 1.165) is 16.7 Å². The van der Waals surface area contributed by atoms with Gasteiger partial charge in [0.2, 0.25) is 5.91 Å². The van der Waals surface area contributed by atoms with E-state index < -0.39 is 12.0 Å². The molecule has 2 aromatic rings. The first kappa shape index (κ1) is 14.1. The Bertz CT molecular complexity index is 741. The van der Waals surface area contributed by atoms with Crippen LogP contribution in [-0.2, 0) is 13.0 Å². The maximum atomic E-state index is 11.2. The second-order valence-electron chi connectivity index (χ2n) is 5.19. The van der Waals surface area contributed by atoms with Crippen molar-refractivity contribution in [2.45, 2.75) is 13.0 Å². The third kappa shape index (κ3) is 2.50. The van der Waals surface area contributed by atoms with Crippen molar-refractivity contribution in [2.24, 2.45) is 5.73 Å². The first-order valence-corrected chi connectivity index (χ1v) is 6.91. The summed E-state index contributed by atoms with van der Waals surface area (Å²) >= 11 is 0. The van der Waals surface area contributed by atoms with Crippen LogP contribution < -0.4 is 5.73 Å². The van der Waals surface area contributed by atoms with Crippen LogP contribution in [0.4, 0.5) is 4.79 Å². The van der Waals surface area contributed by atoms with Crippen molar-refractivity contribution in [3.8, 4) is 11.3 Å². The topological polar surface area (TPSA) is 96.5 Å². The van der Waals surface area contributed by atoms with Crippen LogP contribution in [0.3, 0.4) is 0 Å². The molecule has 0 fully saturated rings. The minimum atomic E-state index is -0.919. The van der Waals surface area contributed by atoms with Crippen molar-refractivity contribution < 1.29 is 14.7 Å². The standard InChI is InChI=1S/C16H15N3O3/c17-15(20)11-4-5-14(18-8-11)12-3-1-2-10-6-7-19(16(21)22)9-13(10)12/h1-5,8H,6-7,9H2,(H2,17,20)(H,21,22). The molecular weight excluding hydrogens is 282 g/mol. The molecule has 0 radical (unpaired) electrons. The Morgan fingerprint density at radius 2 is 2.05 bits per heavy atom. The van der Waals surface area contributed by atoms with Crippen LogP contribution in [0.5, 0.6) is 0 Å². The molecule has 0 aliphatic carbocycles. The highest BCUT2D eigenvalue weighted by atomic mass is 16.4. The summed E-state index contributed by atoms with van der Waals surface area (Å²) in [5.74, 6) is -0.522. The van der Waals surface area contributed by atoms with Gasteiger partial charge in [-0.25, -0.2) is 4.79 Å². The van der Waals surface area contributed by atoms with Gasteiger partial charge in [0.1, 0.15) is 0 Å². The van der Waals surface area contributed by atoms with E-state index >= 15 is 0 Å². The van der Waals surface area contributed by atoms with Crippen molar-refractivity contribution in [1.29, 1.82) is 0 Å². The normalized spacial score (nSPS) is 13.5. The SMILES string of the molecule is NC(=O)c1ccc(-c2cccc3c2CN(C(=O)O)CC3)nc1. The number of carbonyl (C=O) groups is 2. The molecule has 6 heteroatoms. The van der Waals surface area contributed by atoms with Gasteiger partial charge in [-0.3, -0.25) is 9.78 Å². The molecule has 1 aromatic heterocycles. The minimum absolute atomic E-state index is 0.347. The van der Waals surface area contributed by atoms with Crippen LogP contribution in [0.2, 0.25) is 0 Å². The lowest BCUT2D eigenvalue weighted by Crippen LogP contribution is -2.35. The van der Waals surface area contributed by atoms with Crippen molar-refractivity contribution in [3.63, 3.8) is 0 Å². The van der Waals surface area contributed by atoms with Crippen LogP contribution in [0.25, 0.3) is 11.3 Å². The summed E-state index contributed by atoms with van der Waals surface area (Å²) in [4.78, 5) is 28.0. The molecule has 3 N–H and O–H groups in total. The predicted octanol–water partition coefficient (Wildman–Crippen LogP) is 1.88. The van der Waals surface area contributed by atoms with Gasteiger partial charge >= 0.3 is 6.09 Å². The number of carbonyl (C=O) groups excluding carboxylic acids is 1. The van der Waals surface area contributed by atoms with E-state index in [4.69, 9.17) is 5.73 Å². The highest BCUT2D eigenvalue weighted by Gasteiger charge is 2.22. The zero-order valence-corrected chi connectivity index (χ0v) is 11.8. The van der Waals surface area contributed by atoms with Gasteiger partial charge in [0.15, 0.2) is 0 Å². The van der Waals surface area contributed by atoms with Crippen LogP contribution in [0.1, 0.15) is 21.5 Å². The van der Waals surface area contributed by atoms with Gasteiger partial charge < -0.3 is 15.7 Å². The lowest BCUT2D eigenvalue weighted by atomic mass is 9.93. The first-order valence-electron chi connectivity index (χ1n) is 6.91. The maximum Gasteiger partial charge on any atom is 0.407 e. The molecule has 0 atom stereocenters. The monoisotopic (exact) mass is 297 g/mol. The van der Waals surface area contributed by atoms with Crippen molar-refractivity contribution in [1.82, 2.24) is 9.88 Å². The molecule has 2 heterocycles. The highest BCUT2D eigenvalue weighted by Crippen LogP contribution is 2.29. The zero-order valence-electron chi connectivity index (χ0n) is 11.8. The predicted molar refractivity (Wildman–Crippen MR) is 80.3 cm³/mol. The zero-order chi connectivity index (χ0) is 15.7. The van der Waals surface area contributed by atoms with Crippen LogP contribution in [0, 0.1) is 0 Å². The summed E-state index contributed by atoms with van der Waals surface area (Å²) in [6.45, 7) is 0.847. The van der Waals surface area contributed by atoms with E-state index in [1.807, 2.05) is 18.2 Å². The van der Waals surface area contributed by atoms with E-state index in [0.29, 0.717) is 30.8 Å². The van der Waals surface area contributed by atoms with Crippen molar-refractivity contribution >= 4 is 12.0 Å². The second-order valence-corrected chi connectivity index (χ2v) is 5.19. The van der Waals surface area contributed by atoms with Crippen molar-refractivity contribution in [2.75, 3.05) is 6.54 Å². The Morgan fingerprint density at radius 3 is 2.68 bits per heavy atom. The second kappa shape index (κ2) is 5.48. The number of hydrogen-bond donors (Lipinski definition) is 2. The first-order chi connectivity index (χ1) is 10.6.